The van der Waals surface area contributed by atoms with Gasteiger partial charge in [0.1, 0.15) is 5.82 Å². The van der Waals surface area contributed by atoms with Crippen LogP contribution in [0.3, 0.4) is 0 Å². The van der Waals surface area contributed by atoms with Gasteiger partial charge in [-0.1, -0.05) is 24.3 Å². The van der Waals surface area contributed by atoms with Gasteiger partial charge in [0.2, 0.25) is 0 Å². The average Bonchev–Trinajstić information content (AvgIpc) is 3.19. The fourth-order valence-electron chi connectivity index (χ4n) is 3.56. The van der Waals surface area contributed by atoms with Gasteiger partial charge in [-0.2, -0.15) is 0 Å². The molecule has 0 spiro atoms. The third-order valence-corrected chi connectivity index (χ3v) is 5.85. The Hall–Kier alpha value is -1.19. The Kier molecular flexibility index (Phi) is 10.2. The van der Waals surface area contributed by atoms with Gasteiger partial charge in [0.15, 0.2) is 5.96 Å². The lowest BCUT2D eigenvalue weighted by molar-refractivity contribution is 0.169. The molecule has 0 saturated carbocycles. The third-order valence-electron chi connectivity index (χ3n) is 4.99. The van der Waals surface area contributed by atoms with Gasteiger partial charge in [-0.05, 0) is 54.8 Å². The number of piperidine rings is 1. The monoisotopic (exact) mass is 516 g/mol. The molecule has 1 unspecified atom stereocenters. The molecule has 1 fully saturated rings. The second-order valence-corrected chi connectivity index (χ2v) is 8.08. The molecule has 1 aliphatic heterocycles. The van der Waals surface area contributed by atoms with E-state index in [4.69, 9.17) is 0 Å². The number of rotatable bonds is 7. The van der Waals surface area contributed by atoms with E-state index in [1.807, 2.05) is 23.5 Å². The van der Waals surface area contributed by atoms with Crippen molar-refractivity contribution in [3.8, 4) is 0 Å². The highest BCUT2D eigenvalue weighted by atomic mass is 127. The van der Waals surface area contributed by atoms with Crippen molar-refractivity contribution in [2.24, 2.45) is 10.9 Å². The SMILES string of the molecule is CN=C(NCCc1ccccc1F)NCC1CCCN(Cc2cccs2)C1.I. The van der Waals surface area contributed by atoms with Crippen molar-refractivity contribution in [3.63, 3.8) is 0 Å². The number of hydrogen-bond acceptors (Lipinski definition) is 3. The first-order valence-electron chi connectivity index (χ1n) is 9.67. The van der Waals surface area contributed by atoms with Crippen LogP contribution in [-0.4, -0.2) is 44.1 Å². The van der Waals surface area contributed by atoms with Gasteiger partial charge in [0, 0.05) is 38.1 Å². The molecule has 0 aliphatic carbocycles. The third kappa shape index (κ3) is 7.33. The van der Waals surface area contributed by atoms with Gasteiger partial charge in [-0.3, -0.25) is 9.89 Å². The smallest absolute Gasteiger partial charge is 0.190 e. The van der Waals surface area contributed by atoms with Crippen LogP contribution in [0.4, 0.5) is 4.39 Å². The molecule has 7 heteroatoms. The van der Waals surface area contributed by atoms with E-state index < -0.39 is 0 Å². The summed E-state index contributed by atoms with van der Waals surface area (Å²) in [5.74, 6) is 1.28. The van der Waals surface area contributed by atoms with Gasteiger partial charge >= 0.3 is 0 Å². The lowest BCUT2D eigenvalue weighted by Gasteiger charge is -2.32. The van der Waals surface area contributed by atoms with Crippen LogP contribution in [0.1, 0.15) is 23.3 Å². The van der Waals surface area contributed by atoms with E-state index >= 15 is 0 Å². The van der Waals surface area contributed by atoms with Crippen LogP contribution in [0.5, 0.6) is 0 Å². The number of thiophene rings is 1. The number of aliphatic imine (C=N–C) groups is 1. The standard InChI is InChI=1S/C21H29FN4S.HI/c1-23-21(24-11-10-18-7-2-3-9-20(18)22)25-14-17-6-4-12-26(15-17)16-19-8-5-13-27-19;/h2-3,5,7-9,13,17H,4,6,10-12,14-16H2,1H3,(H2,23,24,25);1H. The zero-order chi connectivity index (χ0) is 18.9. The largest absolute Gasteiger partial charge is 0.356 e. The number of likely N-dealkylation sites (tertiary alicyclic amines) is 1. The van der Waals surface area contributed by atoms with Crippen molar-refractivity contribution in [3.05, 3.63) is 58.0 Å². The molecule has 4 nitrogen and oxygen atoms in total. The van der Waals surface area contributed by atoms with Crippen LogP contribution in [0.2, 0.25) is 0 Å². The fourth-order valence-corrected chi connectivity index (χ4v) is 4.31. The molecular weight excluding hydrogens is 486 g/mol. The highest BCUT2D eigenvalue weighted by Gasteiger charge is 2.20. The van der Waals surface area contributed by atoms with Gasteiger partial charge in [0.25, 0.3) is 0 Å². The van der Waals surface area contributed by atoms with Gasteiger partial charge in [-0.25, -0.2) is 4.39 Å². The first-order chi connectivity index (χ1) is 13.2. The van der Waals surface area contributed by atoms with E-state index in [1.165, 1.54) is 30.3 Å². The van der Waals surface area contributed by atoms with Gasteiger partial charge in [-0.15, -0.1) is 35.3 Å². The van der Waals surface area contributed by atoms with Crippen molar-refractivity contribution in [2.75, 3.05) is 33.2 Å². The summed E-state index contributed by atoms with van der Waals surface area (Å²) in [6, 6.07) is 11.3. The minimum Gasteiger partial charge on any atom is -0.356 e. The fraction of sp³-hybridized carbons (Fsp3) is 0.476. The van der Waals surface area contributed by atoms with Crippen LogP contribution in [-0.2, 0) is 13.0 Å². The van der Waals surface area contributed by atoms with Crippen molar-refractivity contribution < 1.29 is 4.39 Å². The zero-order valence-electron chi connectivity index (χ0n) is 16.4. The van der Waals surface area contributed by atoms with Crippen molar-refractivity contribution in [1.29, 1.82) is 0 Å². The van der Waals surface area contributed by atoms with Crippen LogP contribution in [0, 0.1) is 11.7 Å². The minimum absolute atomic E-state index is 0. The molecule has 1 aromatic heterocycles. The lowest BCUT2D eigenvalue weighted by atomic mass is 9.98. The highest BCUT2D eigenvalue weighted by Crippen LogP contribution is 2.19. The number of nitrogens with one attached hydrogen (secondary N) is 2. The van der Waals surface area contributed by atoms with E-state index in [1.54, 1.807) is 13.1 Å². The summed E-state index contributed by atoms with van der Waals surface area (Å²) >= 11 is 1.83. The van der Waals surface area contributed by atoms with E-state index in [0.717, 1.165) is 31.2 Å². The quantitative estimate of drug-likeness (QED) is 0.331. The van der Waals surface area contributed by atoms with Crippen LogP contribution < -0.4 is 10.6 Å². The summed E-state index contributed by atoms with van der Waals surface area (Å²) in [4.78, 5) is 8.29. The van der Waals surface area contributed by atoms with Gasteiger partial charge < -0.3 is 10.6 Å². The molecule has 2 heterocycles. The molecule has 3 rings (SSSR count). The minimum atomic E-state index is -0.143. The maximum atomic E-state index is 13.7. The van der Waals surface area contributed by atoms with E-state index in [0.29, 0.717) is 18.9 Å². The second-order valence-electron chi connectivity index (χ2n) is 7.04. The molecule has 2 aromatic rings. The Balaban J connectivity index is 0.00000280. The Labute approximate surface area is 188 Å². The van der Waals surface area contributed by atoms with Crippen molar-refractivity contribution in [1.82, 2.24) is 15.5 Å². The maximum absolute atomic E-state index is 13.7. The van der Waals surface area contributed by atoms with Crippen LogP contribution in [0.15, 0.2) is 46.8 Å². The topological polar surface area (TPSA) is 39.7 Å². The summed E-state index contributed by atoms with van der Waals surface area (Å²) < 4.78 is 13.7. The Morgan fingerprint density at radius 2 is 2.11 bits per heavy atom. The molecular formula is C21H30FIN4S. The van der Waals surface area contributed by atoms with E-state index in [2.05, 4.69) is 38.0 Å². The predicted molar refractivity (Wildman–Crippen MR) is 127 cm³/mol. The van der Waals surface area contributed by atoms with Crippen molar-refractivity contribution in [2.45, 2.75) is 25.8 Å². The zero-order valence-corrected chi connectivity index (χ0v) is 19.5. The van der Waals surface area contributed by atoms with Gasteiger partial charge in [0.05, 0.1) is 0 Å². The maximum Gasteiger partial charge on any atom is 0.190 e. The number of nitrogens with zero attached hydrogens (tertiary/aromatic N) is 2. The molecule has 0 radical (unpaired) electrons. The highest BCUT2D eigenvalue weighted by molar-refractivity contribution is 14.0. The summed E-state index contributed by atoms with van der Waals surface area (Å²) in [5.41, 5.74) is 0.733. The number of benzene rings is 1. The first-order valence-corrected chi connectivity index (χ1v) is 10.5. The van der Waals surface area contributed by atoms with Crippen molar-refractivity contribution >= 4 is 41.3 Å². The molecule has 154 valence electrons. The number of hydrogen-bond donors (Lipinski definition) is 2. The first kappa shape index (κ1) is 23.1. The van der Waals surface area contributed by atoms with Crippen LogP contribution >= 0.6 is 35.3 Å². The summed E-state index contributed by atoms with van der Waals surface area (Å²) in [7, 11) is 1.78. The number of guanidine groups is 1. The predicted octanol–water partition coefficient (Wildman–Crippen LogP) is 4.12. The molecule has 2 N–H and O–H groups in total. The summed E-state index contributed by atoms with van der Waals surface area (Å²) in [6.45, 7) is 4.95. The Morgan fingerprint density at radius 3 is 2.86 bits per heavy atom. The molecule has 28 heavy (non-hydrogen) atoms. The normalized spacial score (nSPS) is 17.8. The molecule has 0 bridgehead atoms. The molecule has 1 atom stereocenters. The Bertz CT molecular complexity index is 723. The Morgan fingerprint density at radius 1 is 1.25 bits per heavy atom. The number of halogens is 2. The molecule has 0 amide bonds. The lowest BCUT2D eigenvalue weighted by Crippen LogP contribution is -2.44. The van der Waals surface area contributed by atoms with E-state index in [-0.39, 0.29) is 29.8 Å². The molecule has 1 aliphatic rings. The average molecular weight is 516 g/mol. The molecule has 1 saturated heterocycles. The summed E-state index contributed by atoms with van der Waals surface area (Å²) in [6.07, 6.45) is 3.14. The summed E-state index contributed by atoms with van der Waals surface area (Å²) in [5, 5.41) is 8.88. The second kappa shape index (κ2) is 12.4. The van der Waals surface area contributed by atoms with E-state index in [9.17, 15) is 4.39 Å². The van der Waals surface area contributed by atoms with Crippen LogP contribution in [0.25, 0.3) is 0 Å². The molecule has 1 aromatic carbocycles.